The Labute approximate surface area is 110 Å². The Morgan fingerprint density at radius 3 is 1.94 bits per heavy atom. The third-order valence-electron chi connectivity index (χ3n) is 2.14. The summed E-state index contributed by atoms with van der Waals surface area (Å²) in [5.41, 5.74) is 0.956. The minimum absolute atomic E-state index is 0.117. The van der Waals surface area contributed by atoms with Gasteiger partial charge in [0, 0.05) is 0 Å². The van der Waals surface area contributed by atoms with Gasteiger partial charge in [-0.05, 0) is 59.6 Å². The molecular weight excluding hydrogens is 244 g/mol. The van der Waals surface area contributed by atoms with E-state index in [0.29, 0.717) is 6.61 Å². The maximum absolute atomic E-state index is 6.34. The molecule has 0 aliphatic rings. The molecule has 0 saturated carbocycles. The first-order valence-electron chi connectivity index (χ1n) is 6.32. The van der Waals surface area contributed by atoms with Crippen molar-refractivity contribution < 1.29 is 8.85 Å². The van der Waals surface area contributed by atoms with Crippen molar-refractivity contribution in [2.75, 3.05) is 6.61 Å². The van der Waals surface area contributed by atoms with Gasteiger partial charge in [-0.2, -0.15) is 0 Å². The van der Waals surface area contributed by atoms with Gasteiger partial charge in [-0.15, -0.1) is 0 Å². The molecule has 2 nitrogen and oxygen atoms in total. The van der Waals surface area contributed by atoms with E-state index in [-0.39, 0.29) is 5.60 Å². The number of hydrogen-bond donors (Lipinski definition) is 0. The van der Waals surface area contributed by atoms with E-state index in [0.717, 1.165) is 11.6 Å². The van der Waals surface area contributed by atoms with Crippen LogP contribution in [-0.2, 0) is 8.85 Å². The van der Waals surface area contributed by atoms with Crippen LogP contribution in [0, 0.1) is 0 Å². The van der Waals surface area contributed by atoms with Crippen molar-refractivity contribution in [1.82, 2.24) is 0 Å². The molecule has 0 aromatic rings. The van der Waals surface area contributed by atoms with Crippen molar-refractivity contribution in [1.29, 1.82) is 0 Å². The SMILES string of the molecule is C=C(C)COC(C)(C)C[Si](C)(C)O[Si](C)(C)C. The Morgan fingerprint density at radius 1 is 1.12 bits per heavy atom. The van der Waals surface area contributed by atoms with Crippen molar-refractivity contribution in [2.24, 2.45) is 0 Å². The minimum atomic E-state index is -1.64. The molecule has 0 aliphatic carbocycles. The summed E-state index contributed by atoms with van der Waals surface area (Å²) < 4.78 is 12.3. The summed E-state index contributed by atoms with van der Waals surface area (Å²) in [4.78, 5) is 0. The Hall–Kier alpha value is 0.0938. The normalized spacial score (nSPS) is 13.9. The van der Waals surface area contributed by atoms with Crippen molar-refractivity contribution in [3.05, 3.63) is 12.2 Å². The first-order valence-corrected chi connectivity index (χ1v) is 12.8. The monoisotopic (exact) mass is 274 g/mol. The molecule has 0 spiro atoms. The van der Waals surface area contributed by atoms with Crippen LogP contribution < -0.4 is 0 Å². The Bertz CT molecular complexity index is 265. The van der Waals surface area contributed by atoms with Gasteiger partial charge < -0.3 is 8.85 Å². The molecule has 0 fully saturated rings. The van der Waals surface area contributed by atoms with Crippen LogP contribution >= 0.6 is 0 Å². The molecule has 0 radical (unpaired) electrons. The fraction of sp³-hybridized carbons (Fsp3) is 0.846. The molecule has 17 heavy (non-hydrogen) atoms. The van der Waals surface area contributed by atoms with Crippen LogP contribution in [0.5, 0.6) is 0 Å². The molecule has 0 aliphatic heterocycles. The van der Waals surface area contributed by atoms with Crippen molar-refractivity contribution in [2.45, 2.75) is 65.2 Å². The van der Waals surface area contributed by atoms with E-state index in [2.05, 4.69) is 53.2 Å². The lowest BCUT2D eigenvalue weighted by molar-refractivity contribution is 0.00862. The van der Waals surface area contributed by atoms with Crippen molar-refractivity contribution >= 4 is 16.6 Å². The average molecular weight is 275 g/mol. The Morgan fingerprint density at radius 2 is 1.59 bits per heavy atom. The van der Waals surface area contributed by atoms with Crippen LogP contribution in [0.25, 0.3) is 0 Å². The van der Waals surface area contributed by atoms with Crippen molar-refractivity contribution in [3.8, 4) is 0 Å². The number of ether oxygens (including phenoxy) is 1. The van der Waals surface area contributed by atoms with Gasteiger partial charge in [0.2, 0.25) is 0 Å². The largest absolute Gasteiger partial charge is 0.456 e. The Balaban J connectivity index is 4.42. The second-order valence-electron chi connectivity index (χ2n) is 7.16. The molecule has 0 aromatic heterocycles. The second kappa shape index (κ2) is 5.82. The maximum Gasteiger partial charge on any atom is 0.176 e. The Kier molecular flexibility index (Phi) is 5.85. The fourth-order valence-corrected chi connectivity index (χ4v) is 11.3. The van der Waals surface area contributed by atoms with Gasteiger partial charge in [-0.3, -0.25) is 0 Å². The first kappa shape index (κ1) is 17.1. The summed E-state index contributed by atoms with van der Waals surface area (Å²) in [6.07, 6.45) is 0. The van der Waals surface area contributed by atoms with Crippen LogP contribution in [0.4, 0.5) is 0 Å². The van der Waals surface area contributed by atoms with E-state index in [1.165, 1.54) is 0 Å². The average Bonchev–Trinajstić information content (AvgIpc) is 1.93. The predicted octanol–water partition coefficient (Wildman–Crippen LogP) is 4.41. The second-order valence-corrected chi connectivity index (χ2v) is 16.1. The van der Waals surface area contributed by atoms with Crippen LogP contribution in [0.1, 0.15) is 20.8 Å². The topological polar surface area (TPSA) is 18.5 Å². The van der Waals surface area contributed by atoms with E-state index in [1.807, 2.05) is 6.92 Å². The van der Waals surface area contributed by atoms with Gasteiger partial charge in [0.25, 0.3) is 0 Å². The highest BCUT2D eigenvalue weighted by Gasteiger charge is 2.36. The van der Waals surface area contributed by atoms with E-state index in [4.69, 9.17) is 8.85 Å². The zero-order chi connectivity index (χ0) is 13.9. The minimum Gasteiger partial charge on any atom is -0.456 e. The van der Waals surface area contributed by atoms with Crippen LogP contribution in [0.3, 0.4) is 0 Å². The fourth-order valence-electron chi connectivity index (χ4n) is 2.26. The summed E-state index contributed by atoms with van der Waals surface area (Å²) in [5.74, 6) is 0. The molecule has 102 valence electrons. The highest BCUT2D eigenvalue weighted by atomic mass is 28.4. The molecule has 0 rings (SSSR count). The third kappa shape index (κ3) is 9.76. The maximum atomic E-state index is 6.34. The van der Waals surface area contributed by atoms with E-state index < -0.39 is 16.6 Å². The summed E-state index contributed by atoms with van der Waals surface area (Å²) in [6, 6.07) is 1.03. The highest BCUT2D eigenvalue weighted by molar-refractivity contribution is 6.84. The lowest BCUT2D eigenvalue weighted by Gasteiger charge is -2.37. The van der Waals surface area contributed by atoms with Crippen molar-refractivity contribution in [3.63, 3.8) is 0 Å². The van der Waals surface area contributed by atoms with Gasteiger partial charge in [-0.1, -0.05) is 12.2 Å². The van der Waals surface area contributed by atoms with Crippen LogP contribution in [-0.4, -0.2) is 28.8 Å². The first-order chi connectivity index (χ1) is 7.33. The zero-order valence-electron chi connectivity index (χ0n) is 12.9. The standard InChI is InChI=1S/C13H30O2Si2/c1-12(2)10-14-13(3,4)11-17(8,9)15-16(5,6)7/h1,10-11H2,2-9H3. The lowest BCUT2D eigenvalue weighted by Crippen LogP contribution is -2.47. The lowest BCUT2D eigenvalue weighted by atomic mass is 10.2. The van der Waals surface area contributed by atoms with E-state index in [9.17, 15) is 0 Å². The molecule has 4 heteroatoms. The third-order valence-corrected chi connectivity index (χ3v) is 8.51. The van der Waals surface area contributed by atoms with E-state index in [1.54, 1.807) is 0 Å². The molecule has 0 aromatic carbocycles. The molecule has 0 atom stereocenters. The zero-order valence-corrected chi connectivity index (χ0v) is 14.9. The smallest absolute Gasteiger partial charge is 0.176 e. The van der Waals surface area contributed by atoms with Gasteiger partial charge in [0.15, 0.2) is 16.6 Å². The van der Waals surface area contributed by atoms with Gasteiger partial charge in [0.05, 0.1) is 12.2 Å². The predicted molar refractivity (Wildman–Crippen MR) is 81.6 cm³/mol. The summed E-state index contributed by atoms with van der Waals surface area (Å²) in [6.45, 7) is 22.2. The number of hydrogen-bond acceptors (Lipinski definition) is 2. The molecule has 0 saturated heterocycles. The molecule has 0 unspecified atom stereocenters. The molecule has 0 heterocycles. The summed E-state index contributed by atoms with van der Waals surface area (Å²) in [7, 11) is -3.09. The van der Waals surface area contributed by atoms with Crippen LogP contribution in [0.15, 0.2) is 12.2 Å². The molecule has 0 N–H and O–H groups in total. The molecular formula is C13H30O2Si2. The van der Waals surface area contributed by atoms with E-state index >= 15 is 0 Å². The summed E-state index contributed by atoms with van der Waals surface area (Å²) >= 11 is 0. The van der Waals surface area contributed by atoms with Crippen LogP contribution in [0.2, 0.25) is 38.8 Å². The van der Waals surface area contributed by atoms with Gasteiger partial charge in [0.1, 0.15) is 0 Å². The van der Waals surface area contributed by atoms with Gasteiger partial charge in [-0.25, -0.2) is 0 Å². The number of rotatable bonds is 7. The highest BCUT2D eigenvalue weighted by Crippen LogP contribution is 2.27. The quantitative estimate of drug-likeness (QED) is 0.505. The van der Waals surface area contributed by atoms with Gasteiger partial charge >= 0.3 is 0 Å². The molecule has 0 bridgehead atoms. The molecule has 0 amide bonds. The summed E-state index contributed by atoms with van der Waals surface area (Å²) in [5, 5.41) is 0.